The molecule has 4 atom stereocenters. The molecule has 36 heavy (non-hydrogen) atoms. The summed E-state index contributed by atoms with van der Waals surface area (Å²) in [6, 6.07) is 0. The maximum absolute atomic E-state index is 10.2. The van der Waals surface area contributed by atoms with E-state index in [0.29, 0.717) is 12.3 Å². The van der Waals surface area contributed by atoms with Crippen LogP contribution in [0.4, 0.5) is 0 Å². The van der Waals surface area contributed by atoms with Crippen LogP contribution in [0.15, 0.2) is 0 Å². The van der Waals surface area contributed by atoms with E-state index in [9.17, 15) is 15.3 Å². The van der Waals surface area contributed by atoms with Crippen LogP contribution in [0.2, 0.25) is 0 Å². The molecule has 0 saturated heterocycles. The van der Waals surface area contributed by atoms with E-state index in [0.717, 1.165) is 44.9 Å². The average molecular weight is 513 g/mol. The van der Waals surface area contributed by atoms with Gasteiger partial charge in [-0.3, -0.25) is 0 Å². The van der Waals surface area contributed by atoms with Crippen molar-refractivity contribution in [2.45, 2.75) is 206 Å². The van der Waals surface area contributed by atoms with Crippen LogP contribution in [-0.4, -0.2) is 33.6 Å². The lowest BCUT2D eigenvalue weighted by atomic mass is 9.94. The van der Waals surface area contributed by atoms with E-state index >= 15 is 0 Å². The number of unbranched alkanes of at least 4 members (excludes halogenated alkanes) is 19. The van der Waals surface area contributed by atoms with Gasteiger partial charge in [0.2, 0.25) is 0 Å². The Morgan fingerprint density at radius 2 is 0.722 bits per heavy atom. The minimum atomic E-state index is -0.383. The molecule has 0 heterocycles. The molecule has 0 radical (unpaired) electrons. The van der Waals surface area contributed by atoms with Crippen molar-refractivity contribution in [1.82, 2.24) is 0 Å². The molecule has 0 amide bonds. The minimum Gasteiger partial charge on any atom is -0.393 e. The number of hydrogen-bond donors (Lipinski definition) is 3. The lowest BCUT2D eigenvalue weighted by Crippen LogP contribution is -2.18. The van der Waals surface area contributed by atoms with Gasteiger partial charge in [-0.05, 0) is 38.0 Å². The van der Waals surface area contributed by atoms with Gasteiger partial charge in [0, 0.05) is 0 Å². The van der Waals surface area contributed by atoms with Gasteiger partial charge in [-0.2, -0.15) is 0 Å². The maximum Gasteiger partial charge on any atom is 0.0564 e. The third-order valence-corrected chi connectivity index (χ3v) is 8.21. The molecule has 0 aromatic carbocycles. The molecule has 3 heteroatoms. The largest absolute Gasteiger partial charge is 0.393 e. The fourth-order valence-electron chi connectivity index (χ4n) is 5.45. The Morgan fingerprint density at radius 1 is 0.417 bits per heavy atom. The Labute approximate surface area is 227 Å². The lowest BCUT2D eigenvalue weighted by molar-refractivity contribution is 0.0668. The third-order valence-electron chi connectivity index (χ3n) is 8.21. The fourth-order valence-corrected chi connectivity index (χ4v) is 5.45. The van der Waals surface area contributed by atoms with Crippen molar-refractivity contribution in [2.24, 2.45) is 5.92 Å². The van der Waals surface area contributed by atoms with Gasteiger partial charge in [0.25, 0.3) is 0 Å². The van der Waals surface area contributed by atoms with Crippen LogP contribution in [0.1, 0.15) is 188 Å². The number of hydrogen-bond acceptors (Lipinski definition) is 3. The standard InChI is InChI=1S/C33H68O3/c1-4-6-7-8-9-10-11-12-13-14-15-16-17-18-19-20-21-22-23-27-31(34)29-32(35)28-25-24-26-30(3)33(36)5-2/h30-36H,4-29H2,1-3H3/t30-,31+,32+,33+/m0/s1. The molecular weight excluding hydrogens is 444 g/mol. The molecule has 0 bridgehead atoms. The SMILES string of the molecule is CCCCCCCCCCCCCCCCCCCCC[C@@H](O)C[C@H](O)CCCC[C@H](C)[C@H](O)CC. The van der Waals surface area contributed by atoms with Crippen molar-refractivity contribution in [3.05, 3.63) is 0 Å². The van der Waals surface area contributed by atoms with Gasteiger partial charge in [0.15, 0.2) is 0 Å². The number of aliphatic hydroxyl groups is 3. The van der Waals surface area contributed by atoms with Crippen molar-refractivity contribution in [1.29, 1.82) is 0 Å². The smallest absolute Gasteiger partial charge is 0.0564 e. The second kappa shape index (κ2) is 27.9. The zero-order valence-electron chi connectivity index (χ0n) is 25.0. The summed E-state index contributed by atoms with van der Waals surface area (Å²) in [6.45, 7) is 6.42. The van der Waals surface area contributed by atoms with Gasteiger partial charge in [-0.1, -0.05) is 156 Å². The van der Waals surface area contributed by atoms with Crippen molar-refractivity contribution in [3.8, 4) is 0 Å². The first-order chi connectivity index (χ1) is 17.5. The molecule has 0 aromatic rings. The van der Waals surface area contributed by atoms with E-state index in [4.69, 9.17) is 0 Å². The fraction of sp³-hybridized carbons (Fsp3) is 1.00. The van der Waals surface area contributed by atoms with Gasteiger partial charge in [0.05, 0.1) is 18.3 Å². The van der Waals surface area contributed by atoms with E-state index in [1.807, 2.05) is 6.92 Å². The van der Waals surface area contributed by atoms with Crippen LogP contribution in [0.3, 0.4) is 0 Å². The quantitative estimate of drug-likeness (QED) is 0.0874. The van der Waals surface area contributed by atoms with Crippen LogP contribution < -0.4 is 0 Å². The van der Waals surface area contributed by atoms with Crippen LogP contribution in [0.5, 0.6) is 0 Å². The van der Waals surface area contributed by atoms with E-state index in [-0.39, 0.29) is 18.3 Å². The van der Waals surface area contributed by atoms with Gasteiger partial charge in [-0.25, -0.2) is 0 Å². The molecule has 0 aliphatic rings. The summed E-state index contributed by atoms with van der Waals surface area (Å²) >= 11 is 0. The second-order valence-electron chi connectivity index (χ2n) is 11.9. The normalized spacial score (nSPS) is 15.2. The zero-order chi connectivity index (χ0) is 26.7. The Kier molecular flexibility index (Phi) is 27.8. The van der Waals surface area contributed by atoms with Gasteiger partial charge < -0.3 is 15.3 Å². The highest BCUT2D eigenvalue weighted by Crippen LogP contribution is 2.19. The Balaban J connectivity index is 3.30. The van der Waals surface area contributed by atoms with Crippen LogP contribution in [0.25, 0.3) is 0 Å². The summed E-state index contributed by atoms with van der Waals surface area (Å²) in [5.41, 5.74) is 0. The summed E-state index contributed by atoms with van der Waals surface area (Å²) in [6.07, 6.45) is 31.3. The molecule has 0 aliphatic carbocycles. The Hall–Kier alpha value is -0.120. The molecule has 0 rings (SSSR count). The first-order valence-corrected chi connectivity index (χ1v) is 16.5. The van der Waals surface area contributed by atoms with Crippen LogP contribution in [-0.2, 0) is 0 Å². The maximum atomic E-state index is 10.2. The topological polar surface area (TPSA) is 60.7 Å². The van der Waals surface area contributed by atoms with E-state index in [1.54, 1.807) is 0 Å². The molecule has 0 aromatic heterocycles. The monoisotopic (exact) mass is 513 g/mol. The highest BCUT2D eigenvalue weighted by atomic mass is 16.3. The second-order valence-corrected chi connectivity index (χ2v) is 11.9. The summed E-state index contributed by atoms with van der Waals surface area (Å²) < 4.78 is 0. The predicted octanol–water partition coefficient (Wildman–Crippen LogP) is 9.89. The minimum absolute atomic E-state index is 0.198. The first-order valence-electron chi connectivity index (χ1n) is 16.5. The van der Waals surface area contributed by atoms with Crippen molar-refractivity contribution in [2.75, 3.05) is 0 Å². The number of rotatable bonds is 29. The lowest BCUT2D eigenvalue weighted by Gasteiger charge is -2.18. The molecule has 3 nitrogen and oxygen atoms in total. The first kappa shape index (κ1) is 35.9. The summed E-state index contributed by atoms with van der Waals surface area (Å²) in [5.74, 6) is 0.340. The van der Waals surface area contributed by atoms with Gasteiger partial charge in [0.1, 0.15) is 0 Å². The predicted molar refractivity (Wildman–Crippen MR) is 159 cm³/mol. The summed E-state index contributed by atoms with van der Waals surface area (Å²) in [5, 5.41) is 30.2. The average Bonchev–Trinajstić information content (AvgIpc) is 2.87. The molecule has 218 valence electrons. The van der Waals surface area contributed by atoms with Crippen molar-refractivity contribution in [3.63, 3.8) is 0 Å². The Morgan fingerprint density at radius 3 is 1.08 bits per heavy atom. The van der Waals surface area contributed by atoms with E-state index < -0.39 is 0 Å². The van der Waals surface area contributed by atoms with E-state index in [1.165, 1.54) is 116 Å². The van der Waals surface area contributed by atoms with Gasteiger partial charge in [-0.15, -0.1) is 0 Å². The summed E-state index contributed by atoms with van der Waals surface area (Å²) in [7, 11) is 0. The highest BCUT2D eigenvalue weighted by molar-refractivity contribution is 4.66. The Bertz CT molecular complexity index is 414. The van der Waals surface area contributed by atoms with Crippen LogP contribution in [0, 0.1) is 5.92 Å². The molecule has 0 spiro atoms. The van der Waals surface area contributed by atoms with Crippen molar-refractivity contribution < 1.29 is 15.3 Å². The molecule has 0 saturated carbocycles. The van der Waals surface area contributed by atoms with Crippen LogP contribution >= 0.6 is 0 Å². The number of aliphatic hydroxyl groups excluding tert-OH is 3. The molecular formula is C33H68O3. The van der Waals surface area contributed by atoms with Gasteiger partial charge >= 0.3 is 0 Å². The molecule has 3 N–H and O–H groups in total. The molecule has 0 unspecified atom stereocenters. The van der Waals surface area contributed by atoms with Crippen molar-refractivity contribution >= 4 is 0 Å². The molecule has 0 fully saturated rings. The molecule has 0 aliphatic heterocycles. The van der Waals surface area contributed by atoms with E-state index in [2.05, 4.69) is 13.8 Å². The zero-order valence-corrected chi connectivity index (χ0v) is 25.0. The third kappa shape index (κ3) is 25.5. The summed E-state index contributed by atoms with van der Waals surface area (Å²) in [4.78, 5) is 0. The highest BCUT2D eigenvalue weighted by Gasteiger charge is 2.14.